The highest BCUT2D eigenvalue weighted by atomic mass is 32.2. The van der Waals surface area contributed by atoms with E-state index in [9.17, 15) is 9.59 Å². The number of thiophene rings is 1. The number of imide groups is 1. The van der Waals surface area contributed by atoms with Crippen LogP contribution in [0.1, 0.15) is 37.1 Å². The fourth-order valence-electron chi connectivity index (χ4n) is 3.40. The van der Waals surface area contributed by atoms with Gasteiger partial charge in [0, 0.05) is 18.5 Å². The average Bonchev–Trinajstić information content (AvgIpc) is 3.31. The van der Waals surface area contributed by atoms with Crippen LogP contribution in [0.15, 0.2) is 23.9 Å². The predicted molar refractivity (Wildman–Crippen MR) is 117 cm³/mol. The number of fused-ring (bicyclic) bond motifs is 1. The third kappa shape index (κ3) is 4.90. The number of aryl methyl sites for hydroxylation is 1. The van der Waals surface area contributed by atoms with Gasteiger partial charge in [-0.3, -0.25) is 14.7 Å². The summed E-state index contributed by atoms with van der Waals surface area (Å²) in [6.45, 7) is 8.40. The van der Waals surface area contributed by atoms with E-state index >= 15 is 0 Å². The van der Waals surface area contributed by atoms with E-state index in [4.69, 9.17) is 0 Å². The number of carbonyl (C=O) groups excluding carboxylic acids is 2. The fourth-order valence-corrected chi connectivity index (χ4v) is 5.46. The van der Waals surface area contributed by atoms with E-state index in [1.54, 1.807) is 24.3 Å². The number of carbonyl (C=O) groups is 2. The van der Waals surface area contributed by atoms with Crippen LogP contribution in [0.25, 0.3) is 10.7 Å². The highest BCUT2D eigenvalue weighted by Crippen LogP contribution is 2.38. The van der Waals surface area contributed by atoms with Crippen molar-refractivity contribution < 1.29 is 9.59 Å². The van der Waals surface area contributed by atoms with Crippen LogP contribution in [0.5, 0.6) is 0 Å². The van der Waals surface area contributed by atoms with Gasteiger partial charge in [-0.15, -0.1) is 28.1 Å². The lowest BCUT2D eigenvalue weighted by atomic mass is 9.87. The highest BCUT2D eigenvalue weighted by Gasteiger charge is 2.25. The van der Waals surface area contributed by atoms with Gasteiger partial charge in [-0.25, -0.2) is 4.79 Å². The molecule has 9 heteroatoms. The zero-order valence-electron chi connectivity index (χ0n) is 17.0. The lowest BCUT2D eigenvalue weighted by Crippen LogP contribution is -2.41. The molecule has 156 valence electrons. The van der Waals surface area contributed by atoms with Gasteiger partial charge >= 0.3 is 6.03 Å². The van der Waals surface area contributed by atoms with E-state index in [2.05, 4.69) is 40.4 Å². The molecule has 0 spiro atoms. The van der Waals surface area contributed by atoms with Crippen molar-refractivity contribution in [1.29, 1.82) is 0 Å². The standard InChI is InChI=1S/C20H27N5O2S2/c1-5-9-25-17(16-11-14-10-13(6-2)7-8-15(14)29-16)23-24-20(25)28-12(3)18(26)22-19(27)21-4/h5,11-13H,1,6-10H2,2-4H3,(H2,21,22,26,27). The Morgan fingerprint density at radius 2 is 2.28 bits per heavy atom. The van der Waals surface area contributed by atoms with Crippen molar-refractivity contribution in [2.45, 2.75) is 56.5 Å². The van der Waals surface area contributed by atoms with Crippen molar-refractivity contribution in [1.82, 2.24) is 25.4 Å². The Kier molecular flexibility index (Phi) is 7.13. The summed E-state index contributed by atoms with van der Waals surface area (Å²) in [7, 11) is 1.47. The molecule has 0 saturated carbocycles. The van der Waals surface area contributed by atoms with E-state index < -0.39 is 11.3 Å². The fraction of sp³-hybridized carbons (Fsp3) is 0.500. The SMILES string of the molecule is C=CCn1c(SC(C)C(=O)NC(=O)NC)nnc1-c1cc2c(s1)CCC(CC)C2. The number of urea groups is 1. The molecule has 2 heterocycles. The minimum Gasteiger partial charge on any atom is -0.341 e. The highest BCUT2D eigenvalue weighted by molar-refractivity contribution is 8.00. The third-order valence-electron chi connectivity index (χ3n) is 5.13. The first-order chi connectivity index (χ1) is 14.0. The van der Waals surface area contributed by atoms with Crippen LogP contribution < -0.4 is 10.6 Å². The monoisotopic (exact) mass is 433 g/mol. The molecule has 2 N–H and O–H groups in total. The van der Waals surface area contributed by atoms with Crippen molar-refractivity contribution >= 4 is 35.0 Å². The minimum absolute atomic E-state index is 0.374. The summed E-state index contributed by atoms with van der Waals surface area (Å²) in [5, 5.41) is 13.6. The van der Waals surface area contributed by atoms with Gasteiger partial charge in [0.25, 0.3) is 0 Å². The molecule has 29 heavy (non-hydrogen) atoms. The van der Waals surface area contributed by atoms with Gasteiger partial charge in [0.05, 0.1) is 10.1 Å². The van der Waals surface area contributed by atoms with Crippen LogP contribution in [0.3, 0.4) is 0 Å². The van der Waals surface area contributed by atoms with Gasteiger partial charge in [0.1, 0.15) is 0 Å². The molecule has 2 unspecified atom stereocenters. The number of nitrogens with zero attached hydrogens (tertiary/aromatic N) is 3. The van der Waals surface area contributed by atoms with Crippen LogP contribution in [-0.2, 0) is 24.2 Å². The molecule has 0 aromatic carbocycles. The van der Waals surface area contributed by atoms with E-state index in [1.807, 2.05) is 4.57 Å². The topological polar surface area (TPSA) is 88.9 Å². The van der Waals surface area contributed by atoms with Crippen LogP contribution >= 0.6 is 23.1 Å². The summed E-state index contributed by atoms with van der Waals surface area (Å²) in [6.07, 6.45) is 6.53. The number of allylic oxidation sites excluding steroid dienone is 1. The maximum Gasteiger partial charge on any atom is 0.321 e. The Morgan fingerprint density at radius 1 is 1.48 bits per heavy atom. The van der Waals surface area contributed by atoms with Crippen LogP contribution in [0, 0.1) is 5.92 Å². The Morgan fingerprint density at radius 3 is 2.97 bits per heavy atom. The van der Waals surface area contributed by atoms with Crippen molar-refractivity contribution in [3.63, 3.8) is 0 Å². The maximum absolute atomic E-state index is 12.2. The predicted octanol–water partition coefficient (Wildman–Crippen LogP) is 3.64. The Hall–Kier alpha value is -2.13. The smallest absolute Gasteiger partial charge is 0.321 e. The van der Waals surface area contributed by atoms with E-state index in [0.717, 1.165) is 29.5 Å². The summed E-state index contributed by atoms with van der Waals surface area (Å²) in [6, 6.07) is 1.73. The van der Waals surface area contributed by atoms with Gasteiger partial charge in [-0.2, -0.15) is 0 Å². The lowest BCUT2D eigenvalue weighted by Gasteiger charge is -2.19. The molecule has 0 saturated heterocycles. The number of hydrogen-bond donors (Lipinski definition) is 2. The molecule has 7 nitrogen and oxygen atoms in total. The molecule has 0 bridgehead atoms. The summed E-state index contributed by atoms with van der Waals surface area (Å²) >= 11 is 3.07. The molecule has 2 aromatic rings. The van der Waals surface area contributed by atoms with Crippen LogP contribution in [0.4, 0.5) is 4.79 Å². The molecule has 2 atom stereocenters. The lowest BCUT2D eigenvalue weighted by molar-refractivity contribution is -0.119. The Balaban J connectivity index is 1.82. The number of amides is 3. The summed E-state index contributed by atoms with van der Waals surface area (Å²) < 4.78 is 1.98. The van der Waals surface area contributed by atoms with Crippen molar-refractivity contribution in [2.75, 3.05) is 7.05 Å². The molecule has 0 radical (unpaired) electrons. The number of hydrogen-bond acceptors (Lipinski definition) is 6. The number of aromatic nitrogens is 3. The van der Waals surface area contributed by atoms with E-state index in [0.29, 0.717) is 11.7 Å². The number of thioether (sulfide) groups is 1. The van der Waals surface area contributed by atoms with Gasteiger partial charge < -0.3 is 5.32 Å². The molecular weight excluding hydrogens is 406 g/mol. The molecule has 2 aromatic heterocycles. The molecule has 1 aliphatic rings. The summed E-state index contributed by atoms with van der Waals surface area (Å²) in [5.74, 6) is 1.20. The van der Waals surface area contributed by atoms with Gasteiger partial charge in [-0.1, -0.05) is 31.2 Å². The second kappa shape index (κ2) is 9.58. The summed E-state index contributed by atoms with van der Waals surface area (Å²) in [5.41, 5.74) is 1.43. The zero-order chi connectivity index (χ0) is 21.0. The summed E-state index contributed by atoms with van der Waals surface area (Å²) in [4.78, 5) is 26.1. The second-order valence-electron chi connectivity index (χ2n) is 7.11. The molecule has 1 aliphatic carbocycles. The largest absolute Gasteiger partial charge is 0.341 e. The first kappa shape index (κ1) is 21.6. The molecule has 3 amide bonds. The van der Waals surface area contributed by atoms with Crippen molar-refractivity contribution in [2.24, 2.45) is 5.92 Å². The van der Waals surface area contributed by atoms with Crippen molar-refractivity contribution in [3.05, 3.63) is 29.2 Å². The molecule has 0 fully saturated rings. The van der Waals surface area contributed by atoms with E-state index in [-0.39, 0.29) is 5.91 Å². The Labute approximate surface area is 179 Å². The van der Waals surface area contributed by atoms with E-state index in [1.165, 1.54) is 42.1 Å². The van der Waals surface area contributed by atoms with Gasteiger partial charge in [0.15, 0.2) is 11.0 Å². The molecule has 0 aliphatic heterocycles. The van der Waals surface area contributed by atoms with Gasteiger partial charge in [-0.05, 0) is 43.7 Å². The van der Waals surface area contributed by atoms with Crippen LogP contribution in [-0.4, -0.2) is 39.0 Å². The Bertz CT molecular complexity index is 905. The average molecular weight is 434 g/mol. The minimum atomic E-state index is -0.523. The van der Waals surface area contributed by atoms with Crippen LogP contribution in [0.2, 0.25) is 0 Å². The third-order valence-corrected chi connectivity index (χ3v) is 7.44. The van der Waals surface area contributed by atoms with Crippen molar-refractivity contribution in [3.8, 4) is 10.7 Å². The molecule has 3 rings (SSSR count). The van der Waals surface area contributed by atoms with Gasteiger partial charge in [0.2, 0.25) is 5.91 Å². The number of nitrogens with one attached hydrogen (secondary N) is 2. The number of rotatable bonds is 7. The maximum atomic E-state index is 12.2. The quantitative estimate of drug-likeness (QED) is 0.514. The second-order valence-corrected chi connectivity index (χ2v) is 9.55. The zero-order valence-corrected chi connectivity index (χ0v) is 18.7. The first-order valence-electron chi connectivity index (χ1n) is 9.82. The molecular formula is C20H27N5O2S2. The first-order valence-corrected chi connectivity index (χ1v) is 11.5. The normalized spacial score (nSPS) is 16.7.